The number of nitrogens with one attached hydrogen (secondary N) is 2. The fraction of sp³-hybridized carbons (Fsp3) is 0.269. The molecule has 35 heavy (non-hydrogen) atoms. The van der Waals surface area contributed by atoms with Crippen LogP contribution in [0, 0.1) is 5.41 Å². The van der Waals surface area contributed by atoms with Crippen LogP contribution in [0.2, 0.25) is 0 Å². The van der Waals surface area contributed by atoms with Gasteiger partial charge < -0.3 is 20.4 Å². The van der Waals surface area contributed by atoms with Gasteiger partial charge in [-0.3, -0.25) is 20.1 Å². The molecular formula is C26H28N6O2S. The number of nitrogens with zero attached hydrogens (tertiary/aromatic N) is 3. The lowest BCUT2D eigenvalue weighted by molar-refractivity contribution is -0.124. The van der Waals surface area contributed by atoms with Gasteiger partial charge in [-0.15, -0.1) is 11.3 Å². The summed E-state index contributed by atoms with van der Waals surface area (Å²) in [7, 11) is 1.82. The molecule has 0 radical (unpaired) electrons. The second kappa shape index (κ2) is 9.61. The molecule has 4 heterocycles. The number of pyridine rings is 1. The number of hydrogen-bond acceptors (Lipinski definition) is 7. The van der Waals surface area contributed by atoms with Crippen molar-refractivity contribution in [3.8, 4) is 11.1 Å². The minimum Gasteiger partial charge on any atom is -0.398 e. The Kier molecular flexibility index (Phi) is 6.38. The van der Waals surface area contributed by atoms with Crippen LogP contribution in [-0.4, -0.2) is 65.9 Å². The van der Waals surface area contributed by atoms with E-state index in [0.717, 1.165) is 39.4 Å². The third-order valence-electron chi connectivity index (χ3n) is 6.51. The number of carbonyl (C=O) groups is 1. The smallest absolute Gasteiger partial charge is 0.244 e. The minimum absolute atomic E-state index is 0.0610. The Morgan fingerprint density at radius 1 is 1.17 bits per heavy atom. The number of fused-ring (bicyclic) bond motifs is 1. The van der Waals surface area contributed by atoms with Crippen LogP contribution in [0.3, 0.4) is 0 Å². The van der Waals surface area contributed by atoms with Gasteiger partial charge in [0.1, 0.15) is 5.00 Å². The summed E-state index contributed by atoms with van der Waals surface area (Å²) in [6.45, 7) is 4.81. The summed E-state index contributed by atoms with van der Waals surface area (Å²) in [5.41, 5.74) is 11.5. The summed E-state index contributed by atoms with van der Waals surface area (Å²) in [6, 6.07) is 13.3. The number of benzene rings is 1. The fourth-order valence-electron chi connectivity index (χ4n) is 4.38. The SMILES string of the molecule is CC(C(=O)N(C)c1cc2[nH]c(C(=N)c3ccc(-c4ccncc4)cc3N)cc2s1)N1CCOCC1. The highest BCUT2D eigenvalue weighted by atomic mass is 32.1. The molecule has 1 aliphatic rings. The van der Waals surface area contributed by atoms with Crippen LogP contribution in [0.1, 0.15) is 18.2 Å². The van der Waals surface area contributed by atoms with Crippen LogP contribution in [0.5, 0.6) is 0 Å². The maximum atomic E-state index is 13.1. The molecule has 1 fully saturated rings. The number of amides is 1. The van der Waals surface area contributed by atoms with E-state index >= 15 is 0 Å². The first-order valence-electron chi connectivity index (χ1n) is 11.5. The van der Waals surface area contributed by atoms with Crippen molar-refractivity contribution in [1.82, 2.24) is 14.9 Å². The van der Waals surface area contributed by atoms with Crippen molar-refractivity contribution in [2.75, 3.05) is 44.0 Å². The predicted octanol–water partition coefficient (Wildman–Crippen LogP) is 3.97. The summed E-state index contributed by atoms with van der Waals surface area (Å²) in [5, 5.41) is 9.61. The quantitative estimate of drug-likeness (QED) is 0.281. The van der Waals surface area contributed by atoms with E-state index < -0.39 is 0 Å². The van der Waals surface area contributed by atoms with Crippen LogP contribution < -0.4 is 10.6 Å². The van der Waals surface area contributed by atoms with Crippen LogP contribution in [0.15, 0.2) is 54.9 Å². The van der Waals surface area contributed by atoms with Gasteiger partial charge in [0, 0.05) is 43.8 Å². The molecule has 1 saturated heterocycles. The van der Waals surface area contributed by atoms with Gasteiger partial charge in [-0.05, 0) is 48.4 Å². The first-order valence-corrected chi connectivity index (χ1v) is 12.3. The van der Waals surface area contributed by atoms with Gasteiger partial charge in [0.2, 0.25) is 5.91 Å². The number of thiophene rings is 1. The van der Waals surface area contributed by atoms with Crippen LogP contribution >= 0.6 is 11.3 Å². The lowest BCUT2D eigenvalue weighted by Crippen LogP contribution is -2.50. The van der Waals surface area contributed by atoms with E-state index in [0.29, 0.717) is 35.9 Å². The minimum atomic E-state index is -0.203. The molecule has 4 N–H and O–H groups in total. The molecule has 1 amide bonds. The molecule has 9 heteroatoms. The number of nitrogens with two attached hydrogens (primary N) is 1. The summed E-state index contributed by atoms with van der Waals surface area (Å²) in [6.07, 6.45) is 3.49. The second-order valence-corrected chi connectivity index (χ2v) is 9.74. The number of anilines is 2. The number of ether oxygens (including phenoxy) is 1. The summed E-state index contributed by atoms with van der Waals surface area (Å²) < 4.78 is 6.40. The maximum absolute atomic E-state index is 13.1. The lowest BCUT2D eigenvalue weighted by Gasteiger charge is -2.33. The zero-order chi connectivity index (χ0) is 24.5. The molecular weight excluding hydrogens is 460 g/mol. The molecule has 8 nitrogen and oxygen atoms in total. The Labute approximate surface area is 207 Å². The van der Waals surface area contributed by atoms with Gasteiger partial charge in [0.15, 0.2) is 0 Å². The Morgan fingerprint density at radius 3 is 2.60 bits per heavy atom. The number of aromatic nitrogens is 2. The molecule has 1 unspecified atom stereocenters. The number of likely N-dealkylation sites (N-methyl/N-ethyl adjacent to an activating group) is 1. The topological polar surface area (TPSA) is 111 Å². The summed E-state index contributed by atoms with van der Waals surface area (Å²) >= 11 is 1.53. The van der Waals surface area contributed by atoms with Crippen molar-refractivity contribution < 1.29 is 9.53 Å². The number of carbonyl (C=O) groups excluding carboxylic acids is 1. The van der Waals surface area contributed by atoms with Crippen molar-refractivity contribution in [1.29, 1.82) is 5.41 Å². The zero-order valence-electron chi connectivity index (χ0n) is 19.7. The highest BCUT2D eigenvalue weighted by Crippen LogP contribution is 2.34. The molecule has 0 aliphatic carbocycles. The standard InChI is InChI=1S/C26H28N6O2S/c1-16(32-9-11-34-12-10-32)26(33)31(2)24-15-21-23(35-24)14-22(30-21)25(28)19-4-3-18(13-20(19)27)17-5-7-29-8-6-17/h3-8,13-16,28,30H,9-12,27H2,1-2H3. The van der Waals surface area contributed by atoms with E-state index in [4.69, 9.17) is 15.9 Å². The molecule has 1 aromatic carbocycles. The maximum Gasteiger partial charge on any atom is 0.244 e. The third kappa shape index (κ3) is 4.58. The molecule has 0 saturated carbocycles. The van der Waals surface area contributed by atoms with E-state index in [-0.39, 0.29) is 11.9 Å². The average molecular weight is 489 g/mol. The van der Waals surface area contributed by atoms with Crippen LogP contribution in [0.4, 0.5) is 10.7 Å². The second-order valence-electron chi connectivity index (χ2n) is 8.68. The summed E-state index contributed by atoms with van der Waals surface area (Å²) in [5.74, 6) is 0.0610. The predicted molar refractivity (Wildman–Crippen MR) is 141 cm³/mol. The number of nitrogen functional groups attached to an aromatic ring is 1. The normalized spacial score (nSPS) is 15.3. The van der Waals surface area contributed by atoms with Crippen LogP contribution in [0.25, 0.3) is 21.3 Å². The summed E-state index contributed by atoms with van der Waals surface area (Å²) in [4.78, 5) is 24.3. The Balaban J connectivity index is 1.33. The van der Waals surface area contributed by atoms with E-state index in [1.54, 1.807) is 17.3 Å². The van der Waals surface area contributed by atoms with Crippen LogP contribution in [-0.2, 0) is 9.53 Å². The molecule has 180 valence electrons. The third-order valence-corrected chi connectivity index (χ3v) is 7.67. The highest BCUT2D eigenvalue weighted by Gasteiger charge is 2.27. The number of rotatable bonds is 6. The number of morpholine rings is 1. The monoisotopic (exact) mass is 488 g/mol. The van der Waals surface area contributed by atoms with Crippen molar-refractivity contribution >= 4 is 43.9 Å². The lowest BCUT2D eigenvalue weighted by atomic mass is 10.00. The van der Waals surface area contributed by atoms with Crippen molar-refractivity contribution in [2.45, 2.75) is 13.0 Å². The number of hydrogen-bond donors (Lipinski definition) is 3. The van der Waals surface area contributed by atoms with E-state index in [1.165, 1.54) is 11.3 Å². The number of H-pyrrole nitrogens is 1. The Bertz CT molecular complexity index is 1340. The van der Waals surface area contributed by atoms with Crippen molar-refractivity contribution in [2.24, 2.45) is 0 Å². The number of aromatic amines is 1. The van der Waals surface area contributed by atoms with Gasteiger partial charge in [0.25, 0.3) is 0 Å². The van der Waals surface area contributed by atoms with E-state index in [9.17, 15) is 4.79 Å². The molecule has 3 aromatic heterocycles. The Hall–Kier alpha value is -3.53. The first kappa shape index (κ1) is 23.2. The average Bonchev–Trinajstić information content (AvgIpc) is 3.48. The molecule has 1 atom stereocenters. The first-order chi connectivity index (χ1) is 16.9. The van der Waals surface area contributed by atoms with E-state index in [2.05, 4.69) is 14.9 Å². The largest absolute Gasteiger partial charge is 0.398 e. The van der Waals surface area contributed by atoms with Gasteiger partial charge in [0.05, 0.1) is 40.9 Å². The highest BCUT2D eigenvalue weighted by molar-refractivity contribution is 7.23. The molecule has 0 spiro atoms. The van der Waals surface area contributed by atoms with Crippen molar-refractivity contribution in [3.63, 3.8) is 0 Å². The van der Waals surface area contributed by atoms with Crippen molar-refractivity contribution in [3.05, 3.63) is 66.1 Å². The van der Waals surface area contributed by atoms with Gasteiger partial charge >= 0.3 is 0 Å². The molecule has 0 bridgehead atoms. The molecule has 4 aromatic rings. The fourth-order valence-corrected chi connectivity index (χ4v) is 5.40. The molecule has 1 aliphatic heterocycles. The zero-order valence-corrected chi connectivity index (χ0v) is 20.6. The molecule has 5 rings (SSSR count). The van der Waals surface area contributed by atoms with Gasteiger partial charge in [-0.25, -0.2) is 0 Å². The van der Waals surface area contributed by atoms with Gasteiger partial charge in [-0.1, -0.05) is 12.1 Å². The van der Waals surface area contributed by atoms with Gasteiger partial charge in [-0.2, -0.15) is 0 Å². The Morgan fingerprint density at radius 2 is 1.91 bits per heavy atom. The van der Waals surface area contributed by atoms with E-state index in [1.807, 2.05) is 56.4 Å².